The summed E-state index contributed by atoms with van der Waals surface area (Å²) in [5.74, 6) is 0.746. The summed E-state index contributed by atoms with van der Waals surface area (Å²) in [5, 5.41) is 0. The average molecular weight is 395 g/mol. The molecular formula is C23H26N2O2S. The Morgan fingerprint density at radius 2 is 2.04 bits per heavy atom. The maximum Gasteiger partial charge on any atom is 0.258 e. The Labute approximate surface area is 170 Å². The molecule has 0 saturated carbocycles. The molecule has 0 radical (unpaired) electrons. The quantitative estimate of drug-likeness (QED) is 0.309. The number of carbonyl (C=O) groups is 1. The molecule has 0 N–H and O–H groups in total. The van der Waals surface area contributed by atoms with Crippen molar-refractivity contribution in [1.29, 1.82) is 0 Å². The van der Waals surface area contributed by atoms with Gasteiger partial charge in [-0.05, 0) is 49.6 Å². The highest BCUT2D eigenvalue weighted by Crippen LogP contribution is 2.24. The third-order valence-corrected chi connectivity index (χ3v) is 5.45. The Morgan fingerprint density at radius 1 is 1.18 bits per heavy atom. The number of hydrogen-bond acceptors (Lipinski definition) is 4. The number of fused-ring (bicyclic) bond motifs is 1. The molecule has 5 heteroatoms. The second-order valence-electron chi connectivity index (χ2n) is 6.74. The fourth-order valence-corrected chi connectivity index (χ4v) is 3.73. The van der Waals surface area contributed by atoms with E-state index in [4.69, 9.17) is 4.74 Å². The van der Waals surface area contributed by atoms with Gasteiger partial charge in [-0.25, -0.2) is 4.98 Å². The number of nitrogens with zero attached hydrogens (tertiary/aromatic N) is 2. The summed E-state index contributed by atoms with van der Waals surface area (Å²) in [6, 6.07) is 13.3. The van der Waals surface area contributed by atoms with E-state index in [9.17, 15) is 4.79 Å². The van der Waals surface area contributed by atoms with Crippen molar-refractivity contribution in [2.45, 2.75) is 32.1 Å². The summed E-state index contributed by atoms with van der Waals surface area (Å²) in [6.07, 6.45) is 7.64. The molecular weight excluding hydrogens is 368 g/mol. The Hall–Kier alpha value is -2.66. The normalized spacial score (nSPS) is 10.8. The molecule has 0 fully saturated rings. The van der Waals surface area contributed by atoms with Crippen LogP contribution >= 0.6 is 11.3 Å². The first-order valence-electron chi connectivity index (χ1n) is 9.64. The van der Waals surface area contributed by atoms with E-state index in [0.29, 0.717) is 12.2 Å². The summed E-state index contributed by atoms with van der Waals surface area (Å²) in [5.41, 5.74) is 4.19. The number of benzene rings is 2. The zero-order chi connectivity index (χ0) is 19.8. The zero-order valence-electron chi connectivity index (χ0n) is 16.3. The zero-order valence-corrected chi connectivity index (χ0v) is 17.1. The van der Waals surface area contributed by atoms with Crippen molar-refractivity contribution in [1.82, 2.24) is 4.98 Å². The Kier molecular flexibility index (Phi) is 7.20. The van der Waals surface area contributed by atoms with Crippen molar-refractivity contribution in [3.8, 4) is 5.75 Å². The average Bonchev–Trinajstić information content (AvgIpc) is 3.20. The van der Waals surface area contributed by atoms with Crippen LogP contribution in [0.5, 0.6) is 5.75 Å². The standard InChI is InChI=1S/C23H26N2O2S/c1-3-4-5-6-7-8-14-27-20-11-9-10-19(16-20)25(2)23(26)18-12-13-21-22(15-18)28-17-24-21/h3,9-13,15-17H,1,4-8,14H2,2H3. The molecule has 0 aliphatic carbocycles. The molecule has 1 aromatic heterocycles. The third-order valence-electron chi connectivity index (χ3n) is 4.66. The topological polar surface area (TPSA) is 42.4 Å². The maximum atomic E-state index is 12.9. The minimum Gasteiger partial charge on any atom is -0.494 e. The van der Waals surface area contributed by atoms with E-state index in [2.05, 4.69) is 11.6 Å². The maximum absolute atomic E-state index is 12.9. The molecule has 0 aliphatic rings. The number of allylic oxidation sites excluding steroid dienone is 1. The first kappa shape index (κ1) is 20.1. The summed E-state index contributed by atoms with van der Waals surface area (Å²) < 4.78 is 6.89. The SMILES string of the molecule is C=CCCCCCCOc1cccc(N(C)C(=O)c2ccc3ncsc3c2)c1. The molecule has 1 heterocycles. The van der Waals surface area contributed by atoms with Gasteiger partial charge in [-0.3, -0.25) is 4.79 Å². The minimum absolute atomic E-state index is 0.0466. The van der Waals surface area contributed by atoms with E-state index in [1.807, 2.05) is 48.5 Å². The van der Waals surface area contributed by atoms with Crippen LogP contribution in [0.15, 0.2) is 60.6 Å². The van der Waals surface area contributed by atoms with Gasteiger partial charge in [0.15, 0.2) is 0 Å². The van der Waals surface area contributed by atoms with E-state index in [-0.39, 0.29) is 5.91 Å². The van der Waals surface area contributed by atoms with Gasteiger partial charge in [0.1, 0.15) is 5.75 Å². The Balaban J connectivity index is 1.57. The van der Waals surface area contributed by atoms with Crippen molar-refractivity contribution in [2.24, 2.45) is 0 Å². The second kappa shape index (κ2) is 10.0. The third kappa shape index (κ3) is 5.20. The number of anilines is 1. The van der Waals surface area contributed by atoms with Gasteiger partial charge in [0.25, 0.3) is 5.91 Å². The van der Waals surface area contributed by atoms with E-state index in [1.165, 1.54) is 24.2 Å². The van der Waals surface area contributed by atoms with Crippen LogP contribution in [0, 0.1) is 0 Å². The molecule has 28 heavy (non-hydrogen) atoms. The number of aromatic nitrogens is 1. The minimum atomic E-state index is -0.0466. The van der Waals surface area contributed by atoms with Crippen LogP contribution in [0.3, 0.4) is 0 Å². The summed E-state index contributed by atoms with van der Waals surface area (Å²) >= 11 is 1.54. The first-order chi connectivity index (χ1) is 13.7. The van der Waals surface area contributed by atoms with Gasteiger partial charge < -0.3 is 9.64 Å². The molecule has 2 aromatic carbocycles. The van der Waals surface area contributed by atoms with Gasteiger partial charge in [-0.2, -0.15) is 0 Å². The van der Waals surface area contributed by atoms with Crippen LogP contribution in [0.4, 0.5) is 5.69 Å². The fourth-order valence-electron chi connectivity index (χ4n) is 3.02. The molecule has 4 nitrogen and oxygen atoms in total. The van der Waals surface area contributed by atoms with E-state index in [0.717, 1.165) is 40.9 Å². The van der Waals surface area contributed by atoms with Gasteiger partial charge in [-0.15, -0.1) is 17.9 Å². The lowest BCUT2D eigenvalue weighted by Crippen LogP contribution is -2.26. The van der Waals surface area contributed by atoms with Gasteiger partial charge in [0.05, 0.1) is 22.3 Å². The smallest absolute Gasteiger partial charge is 0.258 e. The van der Waals surface area contributed by atoms with Crippen LogP contribution in [0.2, 0.25) is 0 Å². The van der Waals surface area contributed by atoms with Crippen LogP contribution < -0.4 is 9.64 Å². The predicted molar refractivity (Wildman–Crippen MR) is 118 cm³/mol. The number of unbranched alkanes of at least 4 members (excludes halogenated alkanes) is 4. The van der Waals surface area contributed by atoms with Crippen molar-refractivity contribution in [2.75, 3.05) is 18.6 Å². The van der Waals surface area contributed by atoms with Gasteiger partial charge in [-0.1, -0.05) is 25.0 Å². The van der Waals surface area contributed by atoms with E-state index >= 15 is 0 Å². The van der Waals surface area contributed by atoms with Gasteiger partial charge in [0.2, 0.25) is 0 Å². The summed E-state index contributed by atoms with van der Waals surface area (Å²) in [4.78, 5) is 18.8. The molecule has 146 valence electrons. The van der Waals surface area contributed by atoms with Gasteiger partial charge in [0, 0.05) is 24.4 Å². The lowest BCUT2D eigenvalue weighted by molar-refractivity contribution is 0.0993. The molecule has 3 aromatic rings. The largest absolute Gasteiger partial charge is 0.494 e. The molecule has 0 saturated heterocycles. The predicted octanol–water partition coefficient (Wildman–Crippen LogP) is 6.09. The monoisotopic (exact) mass is 394 g/mol. The number of amides is 1. The highest BCUT2D eigenvalue weighted by atomic mass is 32.1. The second-order valence-corrected chi connectivity index (χ2v) is 7.62. The number of hydrogen-bond donors (Lipinski definition) is 0. The number of ether oxygens (including phenoxy) is 1. The van der Waals surface area contributed by atoms with Gasteiger partial charge >= 0.3 is 0 Å². The van der Waals surface area contributed by atoms with Crippen molar-refractivity contribution >= 4 is 33.1 Å². The Bertz CT molecular complexity index is 935. The van der Waals surface area contributed by atoms with E-state index < -0.39 is 0 Å². The van der Waals surface area contributed by atoms with Crippen molar-refractivity contribution < 1.29 is 9.53 Å². The number of rotatable bonds is 10. The highest BCUT2D eigenvalue weighted by molar-refractivity contribution is 7.16. The summed E-state index contributed by atoms with van der Waals surface area (Å²) in [6.45, 7) is 4.44. The highest BCUT2D eigenvalue weighted by Gasteiger charge is 2.15. The molecule has 0 unspecified atom stereocenters. The van der Waals surface area contributed by atoms with Crippen LogP contribution in [0.25, 0.3) is 10.2 Å². The van der Waals surface area contributed by atoms with Crippen molar-refractivity contribution in [3.63, 3.8) is 0 Å². The molecule has 1 amide bonds. The van der Waals surface area contributed by atoms with Crippen LogP contribution in [0.1, 0.15) is 42.5 Å². The molecule has 0 aliphatic heterocycles. The van der Waals surface area contributed by atoms with Crippen molar-refractivity contribution in [3.05, 3.63) is 66.2 Å². The van der Waals surface area contributed by atoms with Crippen LogP contribution in [-0.4, -0.2) is 24.5 Å². The number of thiazole rings is 1. The Morgan fingerprint density at radius 3 is 2.89 bits per heavy atom. The fraction of sp³-hybridized carbons (Fsp3) is 0.304. The van der Waals surface area contributed by atoms with E-state index in [1.54, 1.807) is 17.5 Å². The summed E-state index contributed by atoms with van der Waals surface area (Å²) in [7, 11) is 1.79. The lowest BCUT2D eigenvalue weighted by atomic mass is 10.1. The molecule has 3 rings (SSSR count). The number of carbonyl (C=O) groups excluding carboxylic acids is 1. The lowest BCUT2D eigenvalue weighted by Gasteiger charge is -2.18. The molecule has 0 atom stereocenters. The molecule has 0 spiro atoms. The van der Waals surface area contributed by atoms with Crippen LogP contribution in [-0.2, 0) is 0 Å². The molecule has 0 bridgehead atoms. The first-order valence-corrected chi connectivity index (χ1v) is 10.5.